The predicted octanol–water partition coefficient (Wildman–Crippen LogP) is 2.27. The summed E-state index contributed by atoms with van der Waals surface area (Å²) in [5.41, 5.74) is 0.963. The first-order valence-electron chi connectivity index (χ1n) is 5.49. The van der Waals surface area contributed by atoms with Gasteiger partial charge in [-0.3, -0.25) is 4.79 Å². The molecule has 4 heteroatoms. The van der Waals surface area contributed by atoms with Crippen molar-refractivity contribution in [2.24, 2.45) is 0 Å². The molecule has 18 heavy (non-hydrogen) atoms. The molecule has 0 saturated heterocycles. The number of fused-ring (bicyclic) bond motifs is 2. The van der Waals surface area contributed by atoms with Crippen molar-refractivity contribution in [3.05, 3.63) is 52.7 Å². The van der Waals surface area contributed by atoms with Crippen LogP contribution in [0.15, 0.2) is 51.7 Å². The lowest BCUT2D eigenvalue weighted by molar-refractivity contribution is 0.0987. The fraction of sp³-hybridized carbons (Fsp3) is 0.0714. The van der Waals surface area contributed by atoms with Crippen molar-refractivity contribution in [3.8, 4) is 5.75 Å². The number of para-hydroxylation sites is 1. The molecule has 90 valence electrons. The highest BCUT2D eigenvalue weighted by atomic mass is 16.6. The molecule has 3 aromatic rings. The van der Waals surface area contributed by atoms with Crippen LogP contribution in [-0.2, 0) is 0 Å². The standard InChI is InChI=1S/C14H10O4/c15-8-17-9-5-6-13-11(7-9)14(16)10-3-1-2-4-12(10)18-13/h1-7,15H,8H2. The van der Waals surface area contributed by atoms with Gasteiger partial charge in [0.1, 0.15) is 16.9 Å². The summed E-state index contributed by atoms with van der Waals surface area (Å²) < 4.78 is 10.6. The van der Waals surface area contributed by atoms with Gasteiger partial charge in [-0.15, -0.1) is 0 Å². The third-order valence-corrected chi connectivity index (χ3v) is 2.78. The van der Waals surface area contributed by atoms with E-state index in [1.165, 1.54) is 0 Å². The van der Waals surface area contributed by atoms with E-state index in [-0.39, 0.29) is 5.43 Å². The van der Waals surface area contributed by atoms with E-state index in [2.05, 4.69) is 0 Å². The number of ether oxygens (including phenoxy) is 1. The summed E-state index contributed by atoms with van der Waals surface area (Å²) >= 11 is 0. The fourth-order valence-corrected chi connectivity index (χ4v) is 1.95. The van der Waals surface area contributed by atoms with Gasteiger partial charge in [-0.25, -0.2) is 0 Å². The Bertz CT molecular complexity index is 773. The zero-order valence-electron chi connectivity index (χ0n) is 9.42. The molecular weight excluding hydrogens is 232 g/mol. The molecule has 1 N–H and O–H groups in total. The van der Waals surface area contributed by atoms with Gasteiger partial charge in [-0.2, -0.15) is 0 Å². The van der Waals surface area contributed by atoms with E-state index < -0.39 is 6.79 Å². The Balaban J connectivity index is 2.38. The maximum Gasteiger partial charge on any atom is 0.200 e. The Kier molecular flexibility index (Phi) is 2.50. The third kappa shape index (κ3) is 1.63. The second-order valence-electron chi connectivity index (χ2n) is 3.86. The first kappa shape index (κ1) is 10.8. The van der Waals surface area contributed by atoms with Crippen molar-refractivity contribution in [2.75, 3.05) is 6.79 Å². The van der Waals surface area contributed by atoms with Crippen molar-refractivity contribution < 1.29 is 14.3 Å². The van der Waals surface area contributed by atoms with E-state index in [9.17, 15) is 4.79 Å². The minimum Gasteiger partial charge on any atom is -0.468 e. The summed E-state index contributed by atoms with van der Waals surface area (Å²) in [5.74, 6) is 0.438. The Labute approximate surface area is 102 Å². The zero-order chi connectivity index (χ0) is 12.5. The molecule has 0 aliphatic carbocycles. The highest BCUT2D eigenvalue weighted by molar-refractivity contribution is 5.90. The molecule has 3 rings (SSSR count). The molecule has 1 aromatic heterocycles. The number of aliphatic hydroxyl groups excluding tert-OH is 1. The van der Waals surface area contributed by atoms with Crippen LogP contribution in [0.1, 0.15) is 0 Å². The average molecular weight is 242 g/mol. The van der Waals surface area contributed by atoms with Crippen LogP contribution in [0.3, 0.4) is 0 Å². The van der Waals surface area contributed by atoms with Gasteiger partial charge in [0, 0.05) is 0 Å². The molecule has 0 aliphatic heterocycles. The molecule has 0 bridgehead atoms. The number of benzene rings is 2. The Morgan fingerprint density at radius 3 is 2.67 bits per heavy atom. The van der Waals surface area contributed by atoms with Crippen molar-refractivity contribution in [3.63, 3.8) is 0 Å². The Morgan fingerprint density at radius 2 is 1.83 bits per heavy atom. The Morgan fingerprint density at radius 1 is 1.06 bits per heavy atom. The average Bonchev–Trinajstić information content (AvgIpc) is 2.40. The molecule has 0 fully saturated rings. The summed E-state index contributed by atoms with van der Waals surface area (Å²) in [6.45, 7) is -0.426. The van der Waals surface area contributed by atoms with E-state index in [0.717, 1.165) is 0 Å². The largest absolute Gasteiger partial charge is 0.468 e. The first-order chi connectivity index (χ1) is 8.79. The van der Waals surface area contributed by atoms with E-state index in [4.69, 9.17) is 14.3 Å². The molecule has 0 amide bonds. The van der Waals surface area contributed by atoms with Crippen molar-refractivity contribution in [1.29, 1.82) is 0 Å². The van der Waals surface area contributed by atoms with Crippen molar-refractivity contribution in [2.45, 2.75) is 0 Å². The van der Waals surface area contributed by atoms with Gasteiger partial charge in [0.15, 0.2) is 6.79 Å². The third-order valence-electron chi connectivity index (χ3n) is 2.78. The molecule has 1 heterocycles. The summed E-state index contributed by atoms with van der Waals surface area (Å²) in [6, 6.07) is 12.0. The van der Waals surface area contributed by atoms with Gasteiger partial charge >= 0.3 is 0 Å². The van der Waals surface area contributed by atoms with Gasteiger partial charge in [-0.1, -0.05) is 12.1 Å². The number of rotatable bonds is 2. The normalized spacial score (nSPS) is 10.9. The van der Waals surface area contributed by atoms with Crippen LogP contribution in [0.25, 0.3) is 21.9 Å². The summed E-state index contributed by atoms with van der Waals surface area (Å²) in [6.07, 6.45) is 0. The fourth-order valence-electron chi connectivity index (χ4n) is 1.95. The summed E-state index contributed by atoms with van der Waals surface area (Å²) in [5, 5.41) is 9.69. The SMILES string of the molecule is O=c1c2ccccc2oc2ccc(OCO)cc12. The first-order valence-corrected chi connectivity index (χ1v) is 5.49. The van der Waals surface area contributed by atoms with Crippen LogP contribution in [0.5, 0.6) is 5.75 Å². The quantitative estimate of drug-likeness (QED) is 0.553. The van der Waals surface area contributed by atoms with Gasteiger partial charge in [0.25, 0.3) is 0 Å². The number of hydrogen-bond acceptors (Lipinski definition) is 4. The second kappa shape index (κ2) is 4.16. The molecule has 2 aromatic carbocycles. The lowest BCUT2D eigenvalue weighted by atomic mass is 10.1. The van der Waals surface area contributed by atoms with Gasteiger partial charge in [0.2, 0.25) is 5.43 Å². The van der Waals surface area contributed by atoms with Gasteiger partial charge < -0.3 is 14.3 Å². The summed E-state index contributed by atoms with van der Waals surface area (Å²) in [4.78, 5) is 12.3. The minimum absolute atomic E-state index is 0.102. The molecule has 0 radical (unpaired) electrons. The van der Waals surface area contributed by atoms with E-state index in [1.54, 1.807) is 36.4 Å². The van der Waals surface area contributed by atoms with Gasteiger partial charge in [-0.05, 0) is 30.3 Å². The molecule has 0 spiro atoms. The van der Waals surface area contributed by atoms with E-state index in [0.29, 0.717) is 27.7 Å². The predicted molar refractivity (Wildman–Crippen MR) is 67.7 cm³/mol. The Hall–Kier alpha value is -2.33. The zero-order valence-corrected chi connectivity index (χ0v) is 9.42. The second-order valence-corrected chi connectivity index (χ2v) is 3.86. The molecule has 0 saturated carbocycles. The number of hydrogen-bond donors (Lipinski definition) is 1. The van der Waals surface area contributed by atoms with E-state index in [1.807, 2.05) is 6.07 Å². The number of aliphatic hydroxyl groups is 1. The molecule has 0 unspecified atom stereocenters. The smallest absolute Gasteiger partial charge is 0.200 e. The van der Waals surface area contributed by atoms with Crippen LogP contribution in [0, 0.1) is 0 Å². The van der Waals surface area contributed by atoms with Gasteiger partial charge in [0.05, 0.1) is 10.8 Å². The summed E-state index contributed by atoms with van der Waals surface area (Å²) in [7, 11) is 0. The van der Waals surface area contributed by atoms with Crippen LogP contribution >= 0.6 is 0 Å². The van der Waals surface area contributed by atoms with Crippen LogP contribution in [0.4, 0.5) is 0 Å². The maximum atomic E-state index is 12.3. The molecule has 4 nitrogen and oxygen atoms in total. The van der Waals surface area contributed by atoms with Crippen LogP contribution in [-0.4, -0.2) is 11.9 Å². The molecule has 0 atom stereocenters. The molecule has 0 aliphatic rings. The highest BCUT2D eigenvalue weighted by Crippen LogP contribution is 2.22. The van der Waals surface area contributed by atoms with E-state index >= 15 is 0 Å². The molecular formula is C14H10O4. The lowest BCUT2D eigenvalue weighted by Gasteiger charge is -2.04. The minimum atomic E-state index is -0.426. The maximum absolute atomic E-state index is 12.3. The van der Waals surface area contributed by atoms with Crippen molar-refractivity contribution in [1.82, 2.24) is 0 Å². The lowest BCUT2D eigenvalue weighted by Crippen LogP contribution is -2.02. The van der Waals surface area contributed by atoms with Crippen LogP contribution in [0.2, 0.25) is 0 Å². The highest BCUT2D eigenvalue weighted by Gasteiger charge is 2.07. The topological polar surface area (TPSA) is 59.7 Å². The van der Waals surface area contributed by atoms with Crippen LogP contribution < -0.4 is 10.2 Å². The van der Waals surface area contributed by atoms with Crippen molar-refractivity contribution >= 4 is 21.9 Å². The monoisotopic (exact) mass is 242 g/mol.